The quantitative estimate of drug-likeness (QED) is 0.837. The molecule has 0 aliphatic heterocycles. The van der Waals surface area contributed by atoms with E-state index in [-0.39, 0.29) is 16.8 Å². The highest BCUT2D eigenvalue weighted by Gasteiger charge is 2.17. The lowest BCUT2D eigenvalue weighted by Gasteiger charge is -2.21. The average Bonchev–Trinajstić information content (AvgIpc) is 2.52. The summed E-state index contributed by atoms with van der Waals surface area (Å²) in [5, 5.41) is 2.96. The molecule has 2 N–H and O–H groups in total. The second kappa shape index (κ2) is 7.93. The van der Waals surface area contributed by atoms with Gasteiger partial charge in [-0.2, -0.15) is 0 Å². The molecule has 1 aliphatic rings. The summed E-state index contributed by atoms with van der Waals surface area (Å²) in [6.07, 6.45) is 6.15. The summed E-state index contributed by atoms with van der Waals surface area (Å²) in [4.78, 5) is 12.3. The number of rotatable bonds is 6. The Bertz CT molecular complexity index is 618. The van der Waals surface area contributed by atoms with Crippen LogP contribution in [0.25, 0.3) is 0 Å². The molecule has 1 aromatic rings. The first-order valence-corrected chi connectivity index (χ1v) is 9.77. The molecule has 0 radical (unpaired) electrons. The van der Waals surface area contributed by atoms with E-state index in [1.165, 1.54) is 44.2 Å². The summed E-state index contributed by atoms with van der Waals surface area (Å²) in [5.74, 6) is 0.430. The van der Waals surface area contributed by atoms with Crippen molar-refractivity contribution in [2.45, 2.75) is 56.9 Å². The van der Waals surface area contributed by atoms with E-state index >= 15 is 0 Å². The zero-order chi connectivity index (χ0) is 16.9. The van der Waals surface area contributed by atoms with Crippen molar-refractivity contribution < 1.29 is 13.2 Å². The maximum absolute atomic E-state index is 12.1. The van der Waals surface area contributed by atoms with Crippen LogP contribution in [0.15, 0.2) is 29.2 Å². The van der Waals surface area contributed by atoms with Crippen molar-refractivity contribution >= 4 is 15.9 Å². The minimum Gasteiger partial charge on any atom is -0.352 e. The molecular formula is C17H26N2O3S. The summed E-state index contributed by atoms with van der Waals surface area (Å²) < 4.78 is 26.6. The van der Waals surface area contributed by atoms with Crippen molar-refractivity contribution in [1.82, 2.24) is 10.0 Å². The Morgan fingerprint density at radius 3 is 2.30 bits per heavy atom. The van der Waals surface area contributed by atoms with Crippen LogP contribution in [0.5, 0.6) is 0 Å². The van der Waals surface area contributed by atoms with Crippen LogP contribution < -0.4 is 10.0 Å². The molecule has 0 unspecified atom stereocenters. The normalized spacial score (nSPS) is 16.5. The van der Waals surface area contributed by atoms with E-state index in [0.29, 0.717) is 18.0 Å². The molecule has 0 atom stereocenters. The lowest BCUT2D eigenvalue weighted by atomic mass is 9.89. The number of amides is 1. The van der Waals surface area contributed by atoms with Crippen LogP contribution in [-0.2, 0) is 10.0 Å². The molecule has 1 saturated carbocycles. The Hall–Kier alpha value is -1.40. The molecule has 1 aliphatic carbocycles. The van der Waals surface area contributed by atoms with Gasteiger partial charge in [-0.1, -0.05) is 19.3 Å². The van der Waals surface area contributed by atoms with E-state index < -0.39 is 10.0 Å². The Balaban J connectivity index is 1.94. The predicted octanol–water partition coefficient (Wildman–Crippen LogP) is 2.68. The van der Waals surface area contributed by atoms with Gasteiger partial charge < -0.3 is 5.32 Å². The largest absolute Gasteiger partial charge is 0.352 e. The van der Waals surface area contributed by atoms with Crippen molar-refractivity contribution in [3.63, 3.8) is 0 Å². The summed E-state index contributed by atoms with van der Waals surface area (Å²) in [5.41, 5.74) is 0.490. The van der Waals surface area contributed by atoms with Crippen LogP contribution >= 0.6 is 0 Å². The topological polar surface area (TPSA) is 75.3 Å². The highest BCUT2D eigenvalue weighted by molar-refractivity contribution is 7.89. The Labute approximate surface area is 138 Å². The number of nitrogens with one attached hydrogen (secondary N) is 2. The third kappa shape index (κ3) is 5.32. The standard InChI is InChI=1S/C17H26N2O3S/c1-13(2)19-23(21,22)16-10-8-15(9-11-16)17(20)18-12-14-6-4-3-5-7-14/h8-11,13-14,19H,3-7,12H2,1-2H3,(H,18,20). The Morgan fingerprint density at radius 1 is 1.13 bits per heavy atom. The third-order valence-electron chi connectivity index (χ3n) is 4.09. The van der Waals surface area contributed by atoms with Gasteiger partial charge in [0.05, 0.1) is 4.90 Å². The van der Waals surface area contributed by atoms with Gasteiger partial charge >= 0.3 is 0 Å². The highest BCUT2D eigenvalue weighted by atomic mass is 32.2. The predicted molar refractivity (Wildman–Crippen MR) is 90.8 cm³/mol. The van der Waals surface area contributed by atoms with Crippen LogP contribution in [0.3, 0.4) is 0 Å². The van der Waals surface area contributed by atoms with Crippen molar-refractivity contribution in [1.29, 1.82) is 0 Å². The monoisotopic (exact) mass is 338 g/mol. The summed E-state index contributed by atoms with van der Waals surface area (Å²) in [7, 11) is -3.51. The van der Waals surface area contributed by atoms with Gasteiger partial charge in [-0.25, -0.2) is 13.1 Å². The summed E-state index contributed by atoms with van der Waals surface area (Å²) >= 11 is 0. The van der Waals surface area contributed by atoms with Crippen molar-refractivity contribution in [3.8, 4) is 0 Å². The lowest BCUT2D eigenvalue weighted by molar-refractivity contribution is 0.0943. The van der Waals surface area contributed by atoms with Crippen LogP contribution in [-0.4, -0.2) is 26.9 Å². The van der Waals surface area contributed by atoms with Gasteiger partial charge in [-0.3, -0.25) is 4.79 Å². The molecule has 0 bridgehead atoms. The second-order valence-corrected chi connectivity index (χ2v) is 8.23. The Kier molecular flexibility index (Phi) is 6.18. The van der Waals surface area contributed by atoms with Crippen molar-refractivity contribution in [2.75, 3.05) is 6.54 Å². The van der Waals surface area contributed by atoms with Crippen molar-refractivity contribution in [3.05, 3.63) is 29.8 Å². The van der Waals surface area contributed by atoms with E-state index in [0.717, 1.165) is 0 Å². The fourth-order valence-electron chi connectivity index (χ4n) is 2.89. The smallest absolute Gasteiger partial charge is 0.251 e. The van der Waals surface area contributed by atoms with Crippen LogP contribution in [0.1, 0.15) is 56.3 Å². The number of sulfonamides is 1. The number of hydrogen-bond acceptors (Lipinski definition) is 3. The third-order valence-corrected chi connectivity index (χ3v) is 5.77. The SMILES string of the molecule is CC(C)NS(=O)(=O)c1ccc(C(=O)NCC2CCCCC2)cc1. The van der Waals surface area contributed by atoms with E-state index in [9.17, 15) is 13.2 Å². The molecule has 0 aromatic heterocycles. The molecule has 128 valence electrons. The first kappa shape index (κ1) is 17.9. The van der Waals surface area contributed by atoms with Gasteiger partial charge in [-0.15, -0.1) is 0 Å². The number of carbonyl (C=O) groups excluding carboxylic acids is 1. The van der Waals surface area contributed by atoms with Crippen molar-refractivity contribution in [2.24, 2.45) is 5.92 Å². The second-order valence-electron chi connectivity index (χ2n) is 6.51. The molecule has 6 heteroatoms. The van der Waals surface area contributed by atoms with Gasteiger partial charge in [0, 0.05) is 18.2 Å². The van der Waals surface area contributed by atoms with Crippen LogP contribution in [0, 0.1) is 5.92 Å². The molecule has 0 saturated heterocycles. The van der Waals surface area contributed by atoms with E-state index in [1.54, 1.807) is 26.0 Å². The maximum Gasteiger partial charge on any atom is 0.251 e. The summed E-state index contributed by atoms with van der Waals surface area (Å²) in [6, 6.07) is 5.90. The number of benzene rings is 1. The number of hydrogen-bond donors (Lipinski definition) is 2. The van der Waals surface area contributed by atoms with Gasteiger partial charge in [-0.05, 0) is 56.9 Å². The molecular weight excluding hydrogens is 312 g/mol. The Morgan fingerprint density at radius 2 is 1.74 bits per heavy atom. The molecule has 0 heterocycles. The van der Waals surface area contributed by atoms with Gasteiger partial charge in [0.2, 0.25) is 10.0 Å². The minimum absolute atomic E-state index is 0.142. The lowest BCUT2D eigenvalue weighted by Crippen LogP contribution is -2.31. The first-order chi connectivity index (χ1) is 10.9. The first-order valence-electron chi connectivity index (χ1n) is 8.29. The maximum atomic E-state index is 12.1. The fraction of sp³-hybridized carbons (Fsp3) is 0.588. The van der Waals surface area contributed by atoms with Crippen LogP contribution in [0.4, 0.5) is 0 Å². The van der Waals surface area contributed by atoms with Gasteiger partial charge in [0.25, 0.3) is 5.91 Å². The molecule has 1 fully saturated rings. The molecule has 1 aromatic carbocycles. The van der Waals surface area contributed by atoms with Crippen LogP contribution in [0.2, 0.25) is 0 Å². The zero-order valence-electron chi connectivity index (χ0n) is 13.8. The highest BCUT2D eigenvalue weighted by Crippen LogP contribution is 2.22. The fourth-order valence-corrected chi connectivity index (χ4v) is 4.15. The molecule has 5 nitrogen and oxygen atoms in total. The number of carbonyl (C=O) groups is 1. The average molecular weight is 338 g/mol. The van der Waals surface area contributed by atoms with Gasteiger partial charge in [0.1, 0.15) is 0 Å². The molecule has 23 heavy (non-hydrogen) atoms. The summed E-state index contributed by atoms with van der Waals surface area (Å²) in [6.45, 7) is 4.24. The molecule has 2 rings (SSSR count). The molecule has 0 spiro atoms. The van der Waals surface area contributed by atoms with E-state index in [4.69, 9.17) is 0 Å². The van der Waals surface area contributed by atoms with E-state index in [1.807, 2.05) is 0 Å². The van der Waals surface area contributed by atoms with E-state index in [2.05, 4.69) is 10.0 Å². The molecule has 1 amide bonds. The minimum atomic E-state index is -3.51. The van der Waals surface area contributed by atoms with Gasteiger partial charge in [0.15, 0.2) is 0 Å². The zero-order valence-corrected chi connectivity index (χ0v) is 14.7.